The second-order valence-corrected chi connectivity index (χ2v) is 4.52. The van der Waals surface area contributed by atoms with Crippen molar-refractivity contribution < 1.29 is 0 Å². The van der Waals surface area contributed by atoms with Crippen LogP contribution in [0.3, 0.4) is 0 Å². The van der Waals surface area contributed by atoms with Gasteiger partial charge in [-0.2, -0.15) is 0 Å². The molecule has 17 heavy (non-hydrogen) atoms. The summed E-state index contributed by atoms with van der Waals surface area (Å²) in [7, 11) is 0. The molecule has 1 atom stereocenters. The topological polar surface area (TPSA) is 61.0 Å². The number of aryl methyl sites for hydroxylation is 1. The number of H-pyrrole nitrogens is 1. The zero-order valence-corrected chi connectivity index (χ0v) is 10.5. The zero-order chi connectivity index (χ0) is 12.3. The molecule has 5 heteroatoms. The van der Waals surface area contributed by atoms with E-state index < -0.39 is 0 Å². The van der Waals surface area contributed by atoms with Crippen LogP contribution in [0.4, 0.5) is 5.82 Å². The van der Waals surface area contributed by atoms with Gasteiger partial charge in [-0.3, -0.25) is 4.79 Å². The lowest BCUT2D eigenvalue weighted by Crippen LogP contribution is -2.38. The Bertz CT molecular complexity index is 423. The Morgan fingerprint density at radius 3 is 3.00 bits per heavy atom. The minimum atomic E-state index is -0.0784. The molecule has 2 heterocycles. The maximum Gasteiger partial charge on any atom is 0.252 e. The Morgan fingerprint density at radius 1 is 1.59 bits per heavy atom. The van der Waals surface area contributed by atoms with Crippen LogP contribution >= 0.6 is 0 Å². The minimum Gasteiger partial charge on any atom is -0.355 e. The molecule has 0 amide bonds. The van der Waals surface area contributed by atoms with Gasteiger partial charge in [0.1, 0.15) is 11.6 Å². The Balaban J connectivity index is 2.13. The van der Waals surface area contributed by atoms with E-state index >= 15 is 0 Å². The molecule has 0 saturated carbocycles. The van der Waals surface area contributed by atoms with E-state index in [-0.39, 0.29) is 5.56 Å². The fraction of sp³-hybridized carbons (Fsp3) is 0.667. The number of aromatic amines is 1. The quantitative estimate of drug-likeness (QED) is 0.806. The summed E-state index contributed by atoms with van der Waals surface area (Å²) < 4.78 is 0. The Hall–Kier alpha value is -1.36. The summed E-state index contributed by atoms with van der Waals surface area (Å²) in [5.41, 5.74) is -0.0784. The highest BCUT2D eigenvalue weighted by Gasteiger charge is 2.18. The lowest BCUT2D eigenvalue weighted by molar-refractivity contribution is 0.583. The van der Waals surface area contributed by atoms with Crippen LogP contribution in [0, 0.1) is 6.92 Å². The van der Waals surface area contributed by atoms with Crippen molar-refractivity contribution in [2.24, 2.45) is 0 Å². The molecule has 1 aromatic rings. The second kappa shape index (κ2) is 5.31. The van der Waals surface area contributed by atoms with E-state index in [1.807, 2.05) is 6.92 Å². The van der Waals surface area contributed by atoms with E-state index in [2.05, 4.69) is 27.1 Å². The van der Waals surface area contributed by atoms with E-state index in [1.165, 1.54) is 12.8 Å². The minimum absolute atomic E-state index is 0.0784. The Kier molecular flexibility index (Phi) is 3.78. The van der Waals surface area contributed by atoms with Gasteiger partial charge >= 0.3 is 0 Å². The number of nitrogens with zero attached hydrogens (tertiary/aromatic N) is 2. The largest absolute Gasteiger partial charge is 0.355 e. The molecule has 1 unspecified atom stereocenters. The van der Waals surface area contributed by atoms with Gasteiger partial charge in [0, 0.05) is 25.2 Å². The van der Waals surface area contributed by atoms with Crippen molar-refractivity contribution in [1.82, 2.24) is 15.3 Å². The van der Waals surface area contributed by atoms with E-state index in [9.17, 15) is 4.79 Å². The highest BCUT2D eigenvalue weighted by Crippen LogP contribution is 2.12. The normalized spacial score (nSPS) is 19.5. The van der Waals surface area contributed by atoms with Gasteiger partial charge in [0.05, 0.1) is 0 Å². The molecular weight excluding hydrogens is 216 g/mol. The van der Waals surface area contributed by atoms with E-state index in [0.717, 1.165) is 25.5 Å². The van der Waals surface area contributed by atoms with Crippen LogP contribution < -0.4 is 15.8 Å². The van der Waals surface area contributed by atoms with Crippen molar-refractivity contribution in [3.8, 4) is 0 Å². The monoisotopic (exact) mass is 236 g/mol. The summed E-state index contributed by atoms with van der Waals surface area (Å²) in [5, 5.41) is 3.46. The molecule has 1 saturated heterocycles. The SMILES string of the molecule is CCN(CC1CCCN1)c1cc(=O)[nH]c(C)n1. The van der Waals surface area contributed by atoms with Gasteiger partial charge < -0.3 is 15.2 Å². The number of likely N-dealkylation sites (N-methyl/N-ethyl adjacent to an activating group) is 1. The van der Waals surface area contributed by atoms with Crippen molar-refractivity contribution in [2.45, 2.75) is 32.7 Å². The molecule has 1 fully saturated rings. The lowest BCUT2D eigenvalue weighted by atomic mass is 10.2. The van der Waals surface area contributed by atoms with Gasteiger partial charge in [-0.05, 0) is 33.2 Å². The number of aromatic nitrogens is 2. The van der Waals surface area contributed by atoms with Crippen LogP contribution in [0.15, 0.2) is 10.9 Å². The highest BCUT2D eigenvalue weighted by atomic mass is 16.1. The van der Waals surface area contributed by atoms with E-state index in [4.69, 9.17) is 0 Å². The first-order chi connectivity index (χ1) is 8.19. The summed E-state index contributed by atoms with van der Waals surface area (Å²) in [4.78, 5) is 20.7. The van der Waals surface area contributed by atoms with Gasteiger partial charge in [-0.15, -0.1) is 0 Å². The molecule has 5 nitrogen and oxygen atoms in total. The van der Waals surface area contributed by atoms with Crippen LogP contribution in [0.1, 0.15) is 25.6 Å². The molecule has 1 aromatic heterocycles. The Labute approximate surface area is 101 Å². The van der Waals surface area contributed by atoms with E-state index in [0.29, 0.717) is 11.9 Å². The van der Waals surface area contributed by atoms with E-state index in [1.54, 1.807) is 6.07 Å². The predicted octanol–water partition coefficient (Wildman–Crippen LogP) is 0.657. The summed E-state index contributed by atoms with van der Waals surface area (Å²) in [6.07, 6.45) is 2.45. The first kappa shape index (κ1) is 12.1. The van der Waals surface area contributed by atoms with Gasteiger partial charge in [-0.1, -0.05) is 0 Å². The summed E-state index contributed by atoms with van der Waals surface area (Å²) >= 11 is 0. The molecule has 0 aromatic carbocycles. The van der Waals surface area contributed by atoms with Crippen molar-refractivity contribution in [3.63, 3.8) is 0 Å². The third-order valence-electron chi connectivity index (χ3n) is 3.16. The average molecular weight is 236 g/mol. The summed E-state index contributed by atoms with van der Waals surface area (Å²) in [5.74, 6) is 1.45. The Morgan fingerprint density at radius 2 is 2.41 bits per heavy atom. The first-order valence-corrected chi connectivity index (χ1v) is 6.25. The van der Waals surface area contributed by atoms with Crippen LogP contribution in [0.25, 0.3) is 0 Å². The van der Waals surface area contributed by atoms with Gasteiger partial charge in [-0.25, -0.2) is 4.98 Å². The van der Waals surface area contributed by atoms with Crippen LogP contribution in [-0.2, 0) is 0 Å². The molecule has 0 bridgehead atoms. The molecule has 0 spiro atoms. The second-order valence-electron chi connectivity index (χ2n) is 4.52. The predicted molar refractivity (Wildman–Crippen MR) is 68.5 cm³/mol. The number of anilines is 1. The standard InChI is InChI=1S/C12H20N4O/c1-3-16(8-10-5-4-6-13-10)11-7-12(17)15-9(2)14-11/h7,10,13H,3-6,8H2,1-2H3,(H,14,15,17). The number of rotatable bonds is 4. The smallest absolute Gasteiger partial charge is 0.252 e. The maximum atomic E-state index is 11.4. The summed E-state index contributed by atoms with van der Waals surface area (Å²) in [6, 6.07) is 2.10. The third kappa shape index (κ3) is 3.06. The first-order valence-electron chi connectivity index (χ1n) is 6.25. The molecular formula is C12H20N4O. The number of nitrogens with one attached hydrogen (secondary N) is 2. The average Bonchev–Trinajstić information content (AvgIpc) is 2.77. The number of hydrogen-bond acceptors (Lipinski definition) is 4. The molecule has 2 N–H and O–H groups in total. The fourth-order valence-electron chi connectivity index (χ4n) is 2.29. The van der Waals surface area contributed by atoms with Crippen LogP contribution in [0.2, 0.25) is 0 Å². The van der Waals surface area contributed by atoms with Gasteiger partial charge in [0.2, 0.25) is 0 Å². The maximum absolute atomic E-state index is 11.4. The lowest BCUT2D eigenvalue weighted by Gasteiger charge is -2.25. The number of hydrogen-bond donors (Lipinski definition) is 2. The van der Waals surface area contributed by atoms with Crippen molar-refractivity contribution in [2.75, 3.05) is 24.5 Å². The fourth-order valence-corrected chi connectivity index (χ4v) is 2.29. The molecule has 0 aliphatic carbocycles. The molecule has 2 rings (SSSR count). The molecule has 94 valence electrons. The molecule has 1 aliphatic rings. The van der Waals surface area contributed by atoms with Gasteiger partial charge in [0.25, 0.3) is 5.56 Å². The van der Waals surface area contributed by atoms with Crippen LogP contribution in [0.5, 0.6) is 0 Å². The van der Waals surface area contributed by atoms with Crippen molar-refractivity contribution >= 4 is 5.82 Å². The molecule has 1 aliphatic heterocycles. The summed E-state index contributed by atoms with van der Waals surface area (Å²) in [6.45, 7) is 6.80. The highest BCUT2D eigenvalue weighted by molar-refractivity contribution is 5.37. The zero-order valence-electron chi connectivity index (χ0n) is 10.5. The van der Waals surface area contributed by atoms with Crippen molar-refractivity contribution in [1.29, 1.82) is 0 Å². The third-order valence-corrected chi connectivity index (χ3v) is 3.16. The van der Waals surface area contributed by atoms with Gasteiger partial charge in [0.15, 0.2) is 0 Å². The molecule has 0 radical (unpaired) electrons. The van der Waals surface area contributed by atoms with Crippen molar-refractivity contribution in [3.05, 3.63) is 22.2 Å². The van der Waals surface area contributed by atoms with Crippen LogP contribution in [-0.4, -0.2) is 35.6 Å².